The first-order chi connectivity index (χ1) is 28.7. The molecule has 5 fully saturated rings. The number of urea groups is 2. The molecular weight excluding hydrogens is 803 g/mol. The number of hydrogen-bond acceptors (Lipinski definition) is 7. The third-order valence-corrected chi connectivity index (χ3v) is 14.0. The van der Waals surface area contributed by atoms with Crippen LogP contribution in [-0.2, 0) is 34.3 Å². The fourth-order valence-corrected chi connectivity index (χ4v) is 9.71. The number of benzene rings is 2. The zero-order valence-electron chi connectivity index (χ0n) is 35.8. The molecule has 15 heteroatoms. The van der Waals surface area contributed by atoms with E-state index in [4.69, 9.17) is 27.9 Å². The third-order valence-electron chi connectivity index (χ3n) is 13.1. The molecule has 1 N–H and O–H groups in total. The minimum Gasteiger partial charge on any atom is -0.467 e. The highest BCUT2D eigenvalue weighted by Gasteiger charge is 2.46. The number of halogens is 2. The number of carbonyl (C=O) groups is 4. The molecule has 13 nitrogen and oxygen atoms in total. The third kappa shape index (κ3) is 9.89. The van der Waals surface area contributed by atoms with Gasteiger partial charge in [-0.15, -0.1) is 0 Å². The van der Waals surface area contributed by atoms with E-state index in [1.807, 2.05) is 44.0 Å². The lowest BCUT2D eigenvalue weighted by Crippen LogP contribution is -2.52. The Bertz CT molecular complexity index is 2060. The number of nitrogens with zero attached hydrogens (tertiary/aromatic N) is 7. The van der Waals surface area contributed by atoms with Gasteiger partial charge in [-0.3, -0.25) is 14.4 Å². The largest absolute Gasteiger partial charge is 0.467 e. The second-order valence-electron chi connectivity index (χ2n) is 17.6. The van der Waals surface area contributed by atoms with Gasteiger partial charge in [-0.05, 0) is 112 Å². The van der Waals surface area contributed by atoms with E-state index >= 15 is 0 Å². The average molecular weight is 864 g/mol. The summed E-state index contributed by atoms with van der Waals surface area (Å²) in [6.07, 6.45) is 9.07. The molecule has 2 aromatic carbocycles. The minimum absolute atomic E-state index is 0.0582. The summed E-state index contributed by atoms with van der Waals surface area (Å²) < 4.78 is 6.63. The molecule has 0 radical (unpaired) electrons. The van der Waals surface area contributed by atoms with Gasteiger partial charge in [0.2, 0.25) is 5.91 Å². The number of amides is 5. The van der Waals surface area contributed by atoms with Gasteiger partial charge in [-0.1, -0.05) is 47.5 Å². The molecule has 0 unspecified atom stereocenters. The number of hydrogen-bond donors (Lipinski definition) is 1. The lowest BCUT2D eigenvalue weighted by molar-refractivity contribution is -0.145. The second kappa shape index (κ2) is 18.7. The van der Waals surface area contributed by atoms with Gasteiger partial charge in [0.05, 0.1) is 25.9 Å². The highest BCUT2D eigenvalue weighted by molar-refractivity contribution is 6.31. The quantitative estimate of drug-likeness (QED) is 0.213. The van der Waals surface area contributed by atoms with Crippen molar-refractivity contribution in [1.82, 2.24) is 34.3 Å². The van der Waals surface area contributed by atoms with Crippen LogP contribution in [0.25, 0.3) is 0 Å². The molecule has 3 aromatic rings. The van der Waals surface area contributed by atoms with Crippen LogP contribution in [0.1, 0.15) is 85.2 Å². The number of nitrogens with one attached hydrogen (secondary N) is 1. The van der Waals surface area contributed by atoms with Gasteiger partial charge < -0.3 is 29.7 Å². The predicted octanol–water partition coefficient (Wildman–Crippen LogP) is 7.26. The number of ether oxygens (including phenoxy) is 1. The predicted molar refractivity (Wildman–Crippen MR) is 233 cm³/mol. The number of anilines is 1. The Morgan fingerprint density at radius 1 is 0.750 bits per heavy atom. The van der Waals surface area contributed by atoms with E-state index in [9.17, 15) is 19.2 Å². The molecule has 3 saturated heterocycles. The molecule has 0 bridgehead atoms. The van der Waals surface area contributed by atoms with Crippen LogP contribution in [0, 0.1) is 19.8 Å². The van der Waals surface area contributed by atoms with Crippen molar-refractivity contribution in [3.05, 3.63) is 80.5 Å². The van der Waals surface area contributed by atoms with Crippen LogP contribution in [0.2, 0.25) is 10.0 Å². The van der Waals surface area contributed by atoms with Gasteiger partial charge in [-0.25, -0.2) is 14.4 Å². The number of methoxy groups -OCH3 is 1. The van der Waals surface area contributed by atoms with Crippen molar-refractivity contribution in [1.29, 1.82) is 0 Å². The van der Waals surface area contributed by atoms with Crippen LogP contribution in [0.5, 0.6) is 0 Å². The molecule has 324 valence electrons. The van der Waals surface area contributed by atoms with E-state index in [0.29, 0.717) is 30.7 Å². The SMILES string of the molecule is COC(=O)[C@@H]1CN(C)C(=O)N1C1CCC(Cc2ccc(Cl)c(C)c2)CC1.Cc1cc(CN2CCC(N3C(=O)N(C)C[C@H]3C(=O)Nc3cc(C4CC4)nn3C)CC2)ccc1Cl. The van der Waals surface area contributed by atoms with Crippen molar-refractivity contribution < 1.29 is 23.9 Å². The summed E-state index contributed by atoms with van der Waals surface area (Å²) in [4.78, 5) is 60.1. The molecule has 2 aliphatic carbocycles. The fourth-order valence-electron chi connectivity index (χ4n) is 9.47. The van der Waals surface area contributed by atoms with Crippen LogP contribution < -0.4 is 5.32 Å². The summed E-state index contributed by atoms with van der Waals surface area (Å²) >= 11 is 12.3. The van der Waals surface area contributed by atoms with Crippen LogP contribution in [0.4, 0.5) is 15.4 Å². The first kappa shape index (κ1) is 43.7. The van der Waals surface area contributed by atoms with Crippen LogP contribution in [-0.4, -0.2) is 130 Å². The summed E-state index contributed by atoms with van der Waals surface area (Å²) in [7, 11) is 6.75. The van der Waals surface area contributed by atoms with Gasteiger partial charge >= 0.3 is 18.0 Å². The highest BCUT2D eigenvalue weighted by atomic mass is 35.5. The van der Waals surface area contributed by atoms with Crippen molar-refractivity contribution >= 4 is 53.0 Å². The van der Waals surface area contributed by atoms with Crippen molar-refractivity contribution in [3.8, 4) is 0 Å². The van der Waals surface area contributed by atoms with Crippen molar-refractivity contribution in [2.24, 2.45) is 13.0 Å². The Labute approximate surface area is 364 Å². The van der Waals surface area contributed by atoms with Crippen LogP contribution in [0.15, 0.2) is 42.5 Å². The smallest absolute Gasteiger partial charge is 0.330 e. The zero-order chi connectivity index (χ0) is 42.8. The number of carbonyl (C=O) groups excluding carboxylic acids is 4. The van der Waals surface area contributed by atoms with Crippen molar-refractivity contribution in [2.75, 3.05) is 52.7 Å². The van der Waals surface area contributed by atoms with E-state index in [2.05, 4.69) is 39.6 Å². The topological polar surface area (TPSA) is 124 Å². The van der Waals surface area contributed by atoms with E-state index in [0.717, 1.165) is 104 Å². The summed E-state index contributed by atoms with van der Waals surface area (Å²) in [6, 6.07) is 13.5. The standard InChI is InChI=1S/C25H33ClN6O2.C20H27ClN2O3/c1-16-12-17(4-7-20(16)26)14-31-10-8-19(9-11-31)32-22(15-29(2)25(32)34)24(33)27-23-13-21(18-5-6-18)28-30(23)3;1-13-10-15(6-9-17(13)21)11-14-4-7-16(8-5-14)23-18(19(24)26-3)12-22(2)20(23)25/h4,7,12-13,18-19,22H,5-6,8-11,14-15H2,1-3H3,(H,27,33);6,9-10,14,16,18H,4-5,7-8,11-12H2,1-3H3/t22-;14?,16?,18-/m00/s1. The maximum Gasteiger partial charge on any atom is 0.330 e. The first-order valence-electron chi connectivity index (χ1n) is 21.4. The van der Waals surface area contributed by atoms with E-state index < -0.39 is 12.1 Å². The number of rotatable bonds is 10. The monoisotopic (exact) mass is 862 g/mol. The number of likely N-dealkylation sites (N-methyl/N-ethyl adjacent to an activating group) is 2. The van der Waals surface area contributed by atoms with E-state index in [1.165, 1.54) is 18.2 Å². The molecule has 2 atom stereocenters. The number of piperidine rings is 1. The summed E-state index contributed by atoms with van der Waals surface area (Å²) in [6.45, 7) is 7.52. The Kier molecular flexibility index (Phi) is 13.7. The molecule has 3 aliphatic heterocycles. The Hall–Kier alpha value is -4.33. The molecule has 0 spiro atoms. The van der Waals surface area contributed by atoms with Crippen molar-refractivity contribution in [3.63, 3.8) is 0 Å². The molecule has 5 aliphatic rings. The van der Waals surface area contributed by atoms with E-state index in [1.54, 1.807) is 33.5 Å². The minimum atomic E-state index is -0.493. The number of aryl methyl sites for hydroxylation is 3. The zero-order valence-corrected chi connectivity index (χ0v) is 37.3. The second-order valence-corrected chi connectivity index (χ2v) is 18.4. The maximum atomic E-state index is 13.3. The summed E-state index contributed by atoms with van der Waals surface area (Å²) in [5, 5.41) is 9.18. The van der Waals surface area contributed by atoms with Crippen LogP contribution in [0.3, 0.4) is 0 Å². The summed E-state index contributed by atoms with van der Waals surface area (Å²) in [5.41, 5.74) is 5.81. The maximum absolute atomic E-state index is 13.3. The van der Waals surface area contributed by atoms with Gasteiger partial charge in [0.15, 0.2) is 0 Å². The summed E-state index contributed by atoms with van der Waals surface area (Å²) in [5.74, 6) is 1.37. The number of aromatic nitrogens is 2. The van der Waals surface area contributed by atoms with Crippen LogP contribution >= 0.6 is 23.2 Å². The molecule has 1 aromatic heterocycles. The Balaban J connectivity index is 0.000000189. The Morgan fingerprint density at radius 2 is 1.30 bits per heavy atom. The fraction of sp³-hybridized carbons (Fsp3) is 0.578. The molecule has 8 rings (SSSR count). The lowest BCUT2D eigenvalue weighted by atomic mass is 9.81. The molecule has 4 heterocycles. The number of likely N-dealkylation sites (tertiary alicyclic amines) is 1. The van der Waals surface area contributed by atoms with E-state index in [-0.39, 0.29) is 36.0 Å². The first-order valence-corrected chi connectivity index (χ1v) is 22.2. The molecule has 2 saturated carbocycles. The average Bonchev–Trinajstić information content (AvgIpc) is 3.88. The van der Waals surface area contributed by atoms with Gasteiger partial charge in [0.25, 0.3) is 0 Å². The number of esters is 1. The lowest BCUT2D eigenvalue weighted by Gasteiger charge is -2.38. The molecular formula is C45H60Cl2N8O5. The Morgan fingerprint density at radius 3 is 1.88 bits per heavy atom. The van der Waals surface area contributed by atoms with Gasteiger partial charge in [0, 0.05) is 74.9 Å². The van der Waals surface area contributed by atoms with Gasteiger partial charge in [0.1, 0.15) is 17.9 Å². The highest BCUT2D eigenvalue weighted by Crippen LogP contribution is 2.40. The normalized spacial score (nSPS) is 23.9. The molecule has 60 heavy (non-hydrogen) atoms. The van der Waals surface area contributed by atoms with Gasteiger partial charge in [-0.2, -0.15) is 5.10 Å². The van der Waals surface area contributed by atoms with Crippen molar-refractivity contribution in [2.45, 2.75) is 108 Å². The molecule has 5 amide bonds.